The predicted octanol–water partition coefficient (Wildman–Crippen LogP) is 2.57. The molecule has 0 saturated carbocycles. The SMILES string of the molecule is CC1COC(CBr)CN1S(=O)(=O)c1ccc(Cl)s1. The van der Waals surface area contributed by atoms with Crippen molar-refractivity contribution < 1.29 is 13.2 Å². The van der Waals surface area contributed by atoms with Gasteiger partial charge in [-0.1, -0.05) is 27.5 Å². The largest absolute Gasteiger partial charge is 0.374 e. The van der Waals surface area contributed by atoms with Crippen molar-refractivity contribution in [2.75, 3.05) is 18.5 Å². The Bertz CT molecular complexity index is 519. The average molecular weight is 375 g/mol. The van der Waals surface area contributed by atoms with Gasteiger partial charge in [-0.25, -0.2) is 8.42 Å². The van der Waals surface area contributed by atoms with E-state index in [2.05, 4.69) is 15.9 Å². The highest BCUT2D eigenvalue weighted by atomic mass is 79.9. The van der Waals surface area contributed by atoms with Crippen LogP contribution < -0.4 is 0 Å². The second-order valence-corrected chi connectivity index (χ2v) is 8.57. The van der Waals surface area contributed by atoms with Crippen LogP contribution in [0.2, 0.25) is 4.34 Å². The second-order valence-electron chi connectivity index (χ2n) is 4.09. The normalized spacial score (nSPS) is 26.4. The first kappa shape index (κ1) is 14.7. The lowest BCUT2D eigenvalue weighted by Gasteiger charge is -2.36. The van der Waals surface area contributed by atoms with Gasteiger partial charge in [0.25, 0.3) is 10.0 Å². The fraction of sp³-hybridized carbons (Fsp3) is 0.600. The number of thiophene rings is 1. The Morgan fingerprint density at radius 1 is 1.61 bits per heavy atom. The van der Waals surface area contributed by atoms with E-state index in [4.69, 9.17) is 16.3 Å². The molecule has 2 atom stereocenters. The molecule has 1 fully saturated rings. The topological polar surface area (TPSA) is 46.6 Å². The van der Waals surface area contributed by atoms with E-state index in [9.17, 15) is 8.42 Å². The van der Waals surface area contributed by atoms with Crippen molar-refractivity contribution in [3.8, 4) is 0 Å². The highest BCUT2D eigenvalue weighted by Gasteiger charge is 2.35. The van der Waals surface area contributed by atoms with E-state index in [1.54, 1.807) is 12.1 Å². The number of sulfonamides is 1. The second kappa shape index (κ2) is 5.76. The lowest BCUT2D eigenvalue weighted by Crippen LogP contribution is -2.51. The van der Waals surface area contributed by atoms with Gasteiger partial charge in [-0.05, 0) is 19.1 Å². The van der Waals surface area contributed by atoms with Crippen LogP contribution in [-0.2, 0) is 14.8 Å². The van der Waals surface area contributed by atoms with Crippen molar-refractivity contribution in [2.45, 2.75) is 23.3 Å². The van der Waals surface area contributed by atoms with Crippen molar-refractivity contribution in [1.29, 1.82) is 0 Å². The molecule has 1 aliphatic rings. The van der Waals surface area contributed by atoms with Crippen molar-refractivity contribution in [3.05, 3.63) is 16.5 Å². The van der Waals surface area contributed by atoms with E-state index in [0.29, 0.717) is 22.8 Å². The van der Waals surface area contributed by atoms with E-state index >= 15 is 0 Å². The molecule has 0 spiro atoms. The van der Waals surface area contributed by atoms with Gasteiger partial charge >= 0.3 is 0 Å². The number of alkyl halides is 1. The molecule has 102 valence electrons. The molecule has 1 aliphatic heterocycles. The summed E-state index contributed by atoms with van der Waals surface area (Å²) in [5.41, 5.74) is 0. The highest BCUT2D eigenvalue weighted by Crippen LogP contribution is 2.30. The third kappa shape index (κ3) is 2.91. The summed E-state index contributed by atoms with van der Waals surface area (Å²) in [4.78, 5) is 0. The fourth-order valence-corrected chi connectivity index (χ4v) is 5.42. The summed E-state index contributed by atoms with van der Waals surface area (Å²) in [6.45, 7) is 2.62. The Morgan fingerprint density at radius 3 is 2.89 bits per heavy atom. The Morgan fingerprint density at radius 2 is 2.33 bits per heavy atom. The van der Waals surface area contributed by atoms with Gasteiger partial charge in [-0.3, -0.25) is 0 Å². The van der Waals surface area contributed by atoms with Crippen LogP contribution in [0, 0.1) is 0 Å². The van der Waals surface area contributed by atoms with Gasteiger partial charge in [0, 0.05) is 17.9 Å². The molecule has 2 rings (SSSR count). The Hall–Kier alpha value is 0.340. The van der Waals surface area contributed by atoms with E-state index in [0.717, 1.165) is 11.3 Å². The molecule has 1 aromatic heterocycles. The van der Waals surface area contributed by atoms with Gasteiger partial charge in [0.15, 0.2) is 0 Å². The fourth-order valence-electron chi connectivity index (χ4n) is 1.77. The maximum atomic E-state index is 12.5. The number of ether oxygens (including phenoxy) is 1. The minimum atomic E-state index is -3.47. The Labute approximate surface area is 124 Å². The van der Waals surface area contributed by atoms with Crippen LogP contribution in [0.25, 0.3) is 0 Å². The monoisotopic (exact) mass is 373 g/mol. The van der Waals surface area contributed by atoms with Gasteiger partial charge in [0.2, 0.25) is 0 Å². The zero-order valence-corrected chi connectivity index (χ0v) is 13.7. The van der Waals surface area contributed by atoms with Crippen LogP contribution in [0.1, 0.15) is 6.92 Å². The summed E-state index contributed by atoms with van der Waals surface area (Å²) < 4.78 is 32.7. The first-order valence-electron chi connectivity index (χ1n) is 5.40. The van der Waals surface area contributed by atoms with E-state index in [-0.39, 0.29) is 16.4 Å². The number of halogens is 2. The Kier molecular flexibility index (Phi) is 4.72. The number of morpholine rings is 1. The molecule has 0 N–H and O–H groups in total. The average Bonchev–Trinajstić information content (AvgIpc) is 2.77. The van der Waals surface area contributed by atoms with Crippen LogP contribution in [0.5, 0.6) is 0 Å². The van der Waals surface area contributed by atoms with Crippen molar-refractivity contribution in [3.63, 3.8) is 0 Å². The Balaban J connectivity index is 2.28. The molecule has 0 amide bonds. The molecule has 2 heterocycles. The van der Waals surface area contributed by atoms with E-state index in [1.165, 1.54) is 4.31 Å². The maximum absolute atomic E-state index is 12.5. The van der Waals surface area contributed by atoms with Crippen molar-refractivity contribution in [2.24, 2.45) is 0 Å². The van der Waals surface area contributed by atoms with Crippen LogP contribution >= 0.6 is 38.9 Å². The number of rotatable bonds is 3. The van der Waals surface area contributed by atoms with Crippen LogP contribution in [-0.4, -0.2) is 43.4 Å². The number of hydrogen-bond acceptors (Lipinski definition) is 4. The van der Waals surface area contributed by atoms with Gasteiger partial charge in [-0.2, -0.15) is 4.31 Å². The summed E-state index contributed by atoms with van der Waals surface area (Å²) in [6, 6.07) is 2.99. The lowest BCUT2D eigenvalue weighted by atomic mass is 10.2. The minimum Gasteiger partial charge on any atom is -0.374 e. The number of hydrogen-bond donors (Lipinski definition) is 0. The summed E-state index contributed by atoms with van der Waals surface area (Å²) in [5, 5.41) is 0.622. The molecule has 0 bridgehead atoms. The minimum absolute atomic E-state index is 0.105. The molecule has 18 heavy (non-hydrogen) atoms. The lowest BCUT2D eigenvalue weighted by molar-refractivity contribution is -0.0138. The van der Waals surface area contributed by atoms with Crippen LogP contribution in [0.3, 0.4) is 0 Å². The standard InChI is InChI=1S/C10H13BrClNO3S2/c1-7-6-16-8(4-11)5-13(7)18(14,15)10-3-2-9(12)17-10/h2-3,7-8H,4-6H2,1H3. The zero-order chi connectivity index (χ0) is 13.3. The van der Waals surface area contributed by atoms with Crippen molar-refractivity contribution >= 4 is 48.9 Å². The number of nitrogens with zero attached hydrogens (tertiary/aromatic N) is 1. The molecular weight excluding hydrogens is 362 g/mol. The molecular formula is C10H13BrClNO3S2. The summed E-state index contributed by atoms with van der Waals surface area (Å²) >= 11 is 10.2. The van der Waals surface area contributed by atoms with Crippen LogP contribution in [0.4, 0.5) is 0 Å². The highest BCUT2D eigenvalue weighted by molar-refractivity contribution is 9.09. The molecule has 4 nitrogen and oxygen atoms in total. The molecule has 2 unspecified atom stereocenters. The molecule has 0 aliphatic carbocycles. The first-order chi connectivity index (χ1) is 8.45. The van der Waals surface area contributed by atoms with Gasteiger partial charge in [-0.15, -0.1) is 11.3 Å². The predicted molar refractivity (Wildman–Crippen MR) is 76.2 cm³/mol. The first-order valence-corrected chi connectivity index (χ1v) is 9.15. The smallest absolute Gasteiger partial charge is 0.253 e. The molecule has 8 heteroatoms. The summed E-state index contributed by atoms with van der Waals surface area (Å²) in [6.07, 6.45) is -0.105. The van der Waals surface area contributed by atoms with Gasteiger partial charge < -0.3 is 4.74 Å². The molecule has 0 radical (unpaired) electrons. The van der Waals surface area contributed by atoms with E-state index in [1.807, 2.05) is 6.92 Å². The summed E-state index contributed by atoms with van der Waals surface area (Å²) in [5.74, 6) is 0. The van der Waals surface area contributed by atoms with Crippen LogP contribution in [0.15, 0.2) is 16.3 Å². The third-order valence-corrected chi connectivity index (χ3v) is 7.13. The van der Waals surface area contributed by atoms with Gasteiger partial charge in [0.05, 0.1) is 17.0 Å². The third-order valence-electron chi connectivity index (χ3n) is 2.73. The summed E-state index contributed by atoms with van der Waals surface area (Å²) in [7, 11) is -3.47. The molecule has 1 aromatic rings. The molecule has 0 aromatic carbocycles. The van der Waals surface area contributed by atoms with E-state index < -0.39 is 10.0 Å². The molecule has 1 saturated heterocycles. The maximum Gasteiger partial charge on any atom is 0.253 e. The quantitative estimate of drug-likeness (QED) is 0.764. The van der Waals surface area contributed by atoms with Crippen molar-refractivity contribution in [1.82, 2.24) is 4.31 Å². The zero-order valence-electron chi connectivity index (χ0n) is 9.68. The van der Waals surface area contributed by atoms with Gasteiger partial charge in [0.1, 0.15) is 4.21 Å².